The van der Waals surface area contributed by atoms with Crippen molar-refractivity contribution < 1.29 is 28.8 Å². The van der Waals surface area contributed by atoms with Gasteiger partial charge in [-0.25, -0.2) is 9.59 Å². The Balaban J connectivity index is 2.36. The number of nitrogens with one attached hydrogen (secondary N) is 2. The van der Waals surface area contributed by atoms with Crippen molar-refractivity contribution in [3.8, 4) is 5.75 Å². The number of hydrogen-bond acceptors (Lipinski definition) is 7. The summed E-state index contributed by atoms with van der Waals surface area (Å²) >= 11 is 0. The fraction of sp³-hybridized carbons (Fsp3) is 0.357. The smallest absolute Gasteiger partial charge is 0.344 e. The number of amides is 3. The van der Waals surface area contributed by atoms with Crippen molar-refractivity contribution in [3.63, 3.8) is 0 Å². The highest BCUT2D eigenvalue weighted by molar-refractivity contribution is 5.95. The number of esters is 1. The van der Waals surface area contributed by atoms with Crippen LogP contribution in [0.3, 0.4) is 0 Å². The van der Waals surface area contributed by atoms with E-state index in [9.17, 15) is 24.5 Å². The highest BCUT2D eigenvalue weighted by Crippen LogP contribution is 2.25. The topological polar surface area (TPSA) is 137 Å². The molecule has 0 spiro atoms. The largest absolute Gasteiger partial charge is 0.475 e. The lowest BCUT2D eigenvalue weighted by atomic mass is 10.3. The van der Waals surface area contributed by atoms with Crippen LogP contribution in [-0.4, -0.2) is 42.6 Å². The fourth-order valence-corrected chi connectivity index (χ4v) is 1.50. The number of imide groups is 1. The minimum Gasteiger partial charge on any atom is -0.475 e. The Morgan fingerprint density at radius 3 is 2.58 bits per heavy atom. The van der Waals surface area contributed by atoms with Gasteiger partial charge in [-0.3, -0.25) is 20.2 Å². The molecule has 10 nitrogen and oxygen atoms in total. The van der Waals surface area contributed by atoms with Crippen LogP contribution in [0.5, 0.6) is 5.75 Å². The van der Waals surface area contributed by atoms with Gasteiger partial charge in [0.2, 0.25) is 0 Å². The van der Waals surface area contributed by atoms with Crippen LogP contribution in [0.4, 0.5) is 10.5 Å². The Labute approximate surface area is 137 Å². The predicted molar refractivity (Wildman–Crippen MR) is 81.4 cm³/mol. The minimum absolute atomic E-state index is 0.0946. The highest BCUT2D eigenvalue weighted by atomic mass is 16.6. The van der Waals surface area contributed by atoms with Crippen molar-refractivity contribution in [2.45, 2.75) is 13.3 Å². The maximum absolute atomic E-state index is 11.5. The number of hydrogen-bond donors (Lipinski definition) is 2. The normalized spacial score (nSPS) is 9.71. The van der Waals surface area contributed by atoms with Gasteiger partial charge >= 0.3 is 17.7 Å². The lowest BCUT2D eigenvalue weighted by molar-refractivity contribution is -0.385. The van der Waals surface area contributed by atoms with Crippen molar-refractivity contribution in [3.05, 3.63) is 34.4 Å². The summed E-state index contributed by atoms with van der Waals surface area (Å²) in [6, 6.07) is 4.83. The van der Waals surface area contributed by atoms with Gasteiger partial charge in [-0.2, -0.15) is 0 Å². The van der Waals surface area contributed by atoms with Gasteiger partial charge in [-0.05, 0) is 12.5 Å². The Morgan fingerprint density at radius 2 is 1.92 bits per heavy atom. The maximum atomic E-state index is 11.5. The molecule has 1 aromatic carbocycles. The van der Waals surface area contributed by atoms with Crippen molar-refractivity contribution in [2.75, 3.05) is 19.8 Å². The van der Waals surface area contributed by atoms with E-state index in [2.05, 4.69) is 10.1 Å². The second-order valence-electron chi connectivity index (χ2n) is 4.48. The molecule has 0 atom stereocenters. The van der Waals surface area contributed by atoms with Gasteiger partial charge in [0.05, 0.1) is 4.92 Å². The summed E-state index contributed by atoms with van der Waals surface area (Å²) in [7, 11) is 0. The first-order chi connectivity index (χ1) is 11.4. The van der Waals surface area contributed by atoms with Gasteiger partial charge in [-0.1, -0.05) is 19.1 Å². The van der Waals surface area contributed by atoms with E-state index in [-0.39, 0.29) is 11.4 Å². The zero-order valence-corrected chi connectivity index (χ0v) is 12.9. The predicted octanol–water partition coefficient (Wildman–Crippen LogP) is 0.753. The summed E-state index contributed by atoms with van der Waals surface area (Å²) in [5.74, 6) is -1.80. The van der Waals surface area contributed by atoms with Crippen LogP contribution < -0.4 is 15.4 Å². The third-order valence-corrected chi connectivity index (χ3v) is 2.56. The zero-order chi connectivity index (χ0) is 17.9. The molecule has 10 heteroatoms. The van der Waals surface area contributed by atoms with E-state index in [1.54, 1.807) is 0 Å². The number of nitrogens with zero attached hydrogens (tertiary/aromatic N) is 1. The van der Waals surface area contributed by atoms with Crippen LogP contribution >= 0.6 is 0 Å². The number of nitro benzene ring substituents is 1. The van der Waals surface area contributed by atoms with E-state index in [0.29, 0.717) is 13.0 Å². The van der Waals surface area contributed by atoms with Crippen LogP contribution in [0.15, 0.2) is 24.3 Å². The molecule has 2 N–H and O–H groups in total. The van der Waals surface area contributed by atoms with Gasteiger partial charge in [0, 0.05) is 12.6 Å². The van der Waals surface area contributed by atoms with Gasteiger partial charge in [0.25, 0.3) is 5.91 Å². The second kappa shape index (κ2) is 9.77. The quantitative estimate of drug-likeness (QED) is 0.405. The molecule has 0 bridgehead atoms. The molecule has 3 amide bonds. The number of urea groups is 1. The number of ether oxygens (including phenoxy) is 2. The molecule has 0 saturated heterocycles. The lowest BCUT2D eigenvalue weighted by Crippen LogP contribution is -2.41. The van der Waals surface area contributed by atoms with Gasteiger partial charge < -0.3 is 14.8 Å². The molecule has 1 rings (SSSR count). The van der Waals surface area contributed by atoms with Crippen LogP contribution in [0.1, 0.15) is 13.3 Å². The molecular formula is C14H17N3O7. The van der Waals surface area contributed by atoms with Crippen molar-refractivity contribution in [1.29, 1.82) is 0 Å². The third kappa shape index (κ3) is 6.73. The second-order valence-corrected chi connectivity index (χ2v) is 4.48. The van der Waals surface area contributed by atoms with Crippen LogP contribution in [0, 0.1) is 10.1 Å². The molecule has 0 aliphatic rings. The van der Waals surface area contributed by atoms with Crippen LogP contribution in [0.2, 0.25) is 0 Å². The van der Waals surface area contributed by atoms with E-state index in [1.807, 2.05) is 12.2 Å². The summed E-state index contributed by atoms with van der Waals surface area (Å²) in [6.45, 7) is 0.975. The average molecular weight is 339 g/mol. The molecule has 0 aromatic heterocycles. The van der Waals surface area contributed by atoms with Crippen molar-refractivity contribution >= 4 is 23.6 Å². The SMILES string of the molecule is CCCNC(=O)NC(=O)COC(=O)COc1ccccc1[N+](=O)[O-]. The van der Waals surface area contributed by atoms with Crippen LogP contribution in [-0.2, 0) is 14.3 Å². The number of rotatable bonds is 8. The van der Waals surface area contributed by atoms with Crippen LogP contribution in [0.25, 0.3) is 0 Å². The number of carbonyl (C=O) groups excluding carboxylic acids is 3. The van der Waals surface area contributed by atoms with Gasteiger partial charge in [-0.15, -0.1) is 0 Å². The molecule has 1 aromatic rings. The number of carbonyl (C=O) groups is 3. The monoisotopic (exact) mass is 339 g/mol. The number of para-hydroxylation sites is 2. The van der Waals surface area contributed by atoms with E-state index in [4.69, 9.17) is 4.74 Å². The molecule has 130 valence electrons. The standard InChI is InChI=1S/C14H17N3O7/c1-2-7-15-14(20)16-12(18)8-24-13(19)9-23-11-6-4-3-5-10(11)17(21)22/h3-6H,2,7-9H2,1H3,(H2,15,16,18,20). The first kappa shape index (κ1) is 18.9. The molecule has 0 fully saturated rings. The third-order valence-electron chi connectivity index (χ3n) is 2.56. The molecule has 0 aliphatic heterocycles. The summed E-state index contributed by atoms with van der Waals surface area (Å²) in [5.41, 5.74) is -0.296. The number of benzene rings is 1. The first-order valence-electron chi connectivity index (χ1n) is 7.03. The minimum atomic E-state index is -0.905. The van der Waals surface area contributed by atoms with Crippen molar-refractivity contribution in [2.24, 2.45) is 0 Å². The average Bonchev–Trinajstić information content (AvgIpc) is 2.56. The molecule has 24 heavy (non-hydrogen) atoms. The Bertz CT molecular complexity index is 618. The van der Waals surface area contributed by atoms with E-state index >= 15 is 0 Å². The zero-order valence-electron chi connectivity index (χ0n) is 12.9. The Morgan fingerprint density at radius 1 is 1.21 bits per heavy atom. The van der Waals surface area contributed by atoms with Gasteiger partial charge in [0.15, 0.2) is 19.0 Å². The van der Waals surface area contributed by atoms with E-state index < -0.39 is 36.0 Å². The lowest BCUT2D eigenvalue weighted by Gasteiger charge is -2.08. The van der Waals surface area contributed by atoms with Crippen molar-refractivity contribution in [1.82, 2.24) is 10.6 Å². The van der Waals surface area contributed by atoms with E-state index in [0.717, 1.165) is 0 Å². The molecule has 0 aliphatic carbocycles. The Kier molecular flexibility index (Phi) is 7.68. The summed E-state index contributed by atoms with van der Waals surface area (Å²) in [6.07, 6.45) is 0.708. The molecule has 0 unspecified atom stereocenters. The van der Waals surface area contributed by atoms with E-state index in [1.165, 1.54) is 24.3 Å². The fourth-order valence-electron chi connectivity index (χ4n) is 1.50. The molecule has 0 heterocycles. The summed E-state index contributed by atoms with van der Waals surface area (Å²) in [4.78, 5) is 44.1. The summed E-state index contributed by atoms with van der Waals surface area (Å²) in [5, 5.41) is 15.2. The highest BCUT2D eigenvalue weighted by Gasteiger charge is 2.16. The Hall–Kier alpha value is -3.17. The maximum Gasteiger partial charge on any atom is 0.344 e. The molecular weight excluding hydrogens is 322 g/mol. The summed E-state index contributed by atoms with van der Waals surface area (Å²) < 4.78 is 9.60. The number of nitro groups is 1. The molecule has 0 radical (unpaired) electrons. The first-order valence-corrected chi connectivity index (χ1v) is 7.03. The molecule has 0 saturated carbocycles. The van der Waals surface area contributed by atoms with Gasteiger partial charge in [0.1, 0.15) is 0 Å².